The second-order valence-electron chi connectivity index (χ2n) is 8.46. The maximum atomic E-state index is 11.8. The predicted molar refractivity (Wildman–Crippen MR) is 124 cm³/mol. The van der Waals surface area contributed by atoms with E-state index < -0.39 is 0 Å². The standard InChI is InChI=1S/C22H32N4O.HI/c1-2-23-21(26-12-6-11-22(16-26)13-20(27)25-15-22)24-14-18-9-5-8-17-7-3-4-10-19(17)18;/h3-4,7,10,18H,2,5-6,8-9,11-16H2,1H3,(H,23,24)(H,25,27);1H. The summed E-state index contributed by atoms with van der Waals surface area (Å²) in [7, 11) is 0. The van der Waals surface area contributed by atoms with E-state index in [-0.39, 0.29) is 35.3 Å². The van der Waals surface area contributed by atoms with Crippen LogP contribution >= 0.6 is 24.0 Å². The van der Waals surface area contributed by atoms with Gasteiger partial charge in [0.25, 0.3) is 0 Å². The Labute approximate surface area is 185 Å². The first-order chi connectivity index (χ1) is 13.2. The highest BCUT2D eigenvalue weighted by Crippen LogP contribution is 2.36. The van der Waals surface area contributed by atoms with Crippen LogP contribution in [0.1, 0.15) is 56.1 Å². The predicted octanol–water partition coefficient (Wildman–Crippen LogP) is 3.29. The summed E-state index contributed by atoms with van der Waals surface area (Å²) >= 11 is 0. The lowest BCUT2D eigenvalue weighted by Gasteiger charge is -2.41. The van der Waals surface area contributed by atoms with Crippen LogP contribution in [0.2, 0.25) is 0 Å². The van der Waals surface area contributed by atoms with E-state index >= 15 is 0 Å². The number of nitrogens with zero attached hydrogens (tertiary/aromatic N) is 2. The average molecular weight is 496 g/mol. The largest absolute Gasteiger partial charge is 0.357 e. The number of rotatable bonds is 3. The second-order valence-corrected chi connectivity index (χ2v) is 8.46. The highest BCUT2D eigenvalue weighted by Gasteiger charge is 2.42. The van der Waals surface area contributed by atoms with E-state index in [4.69, 9.17) is 4.99 Å². The van der Waals surface area contributed by atoms with Gasteiger partial charge in [-0.05, 0) is 50.2 Å². The fourth-order valence-corrected chi connectivity index (χ4v) is 5.10. The maximum Gasteiger partial charge on any atom is 0.220 e. The molecule has 1 aliphatic carbocycles. The normalized spacial score (nSPS) is 27.2. The number of benzene rings is 1. The Kier molecular flexibility index (Phi) is 7.23. The molecule has 154 valence electrons. The Morgan fingerprint density at radius 1 is 1.36 bits per heavy atom. The summed E-state index contributed by atoms with van der Waals surface area (Å²) in [4.78, 5) is 19.2. The lowest BCUT2D eigenvalue weighted by Crippen LogP contribution is -2.51. The van der Waals surface area contributed by atoms with Gasteiger partial charge in [0, 0.05) is 50.5 Å². The molecule has 1 aromatic rings. The van der Waals surface area contributed by atoms with Crippen molar-refractivity contribution in [1.29, 1.82) is 0 Å². The number of likely N-dealkylation sites (tertiary alicyclic amines) is 1. The van der Waals surface area contributed by atoms with E-state index in [9.17, 15) is 4.79 Å². The third-order valence-electron chi connectivity index (χ3n) is 6.45. The number of aryl methyl sites for hydroxylation is 1. The van der Waals surface area contributed by atoms with Gasteiger partial charge in [-0.2, -0.15) is 0 Å². The summed E-state index contributed by atoms with van der Waals surface area (Å²) in [5, 5.41) is 6.54. The molecule has 2 fully saturated rings. The number of carbonyl (C=O) groups excluding carboxylic acids is 1. The van der Waals surface area contributed by atoms with Crippen molar-refractivity contribution < 1.29 is 4.79 Å². The molecular weight excluding hydrogens is 463 g/mol. The average Bonchev–Trinajstić information content (AvgIpc) is 3.04. The van der Waals surface area contributed by atoms with E-state index in [1.807, 2.05) is 0 Å². The van der Waals surface area contributed by atoms with Crippen LogP contribution in [0, 0.1) is 5.41 Å². The summed E-state index contributed by atoms with van der Waals surface area (Å²) in [6.07, 6.45) is 6.62. The van der Waals surface area contributed by atoms with E-state index in [1.54, 1.807) is 0 Å². The molecule has 2 saturated heterocycles. The lowest BCUT2D eigenvalue weighted by atomic mass is 9.79. The summed E-state index contributed by atoms with van der Waals surface area (Å²) in [5.41, 5.74) is 3.09. The first-order valence-corrected chi connectivity index (χ1v) is 10.6. The number of carbonyl (C=O) groups is 1. The molecule has 0 saturated carbocycles. The Hall–Kier alpha value is -1.31. The van der Waals surface area contributed by atoms with Gasteiger partial charge in [-0.3, -0.25) is 9.79 Å². The molecule has 6 heteroatoms. The van der Waals surface area contributed by atoms with Crippen molar-refractivity contribution in [1.82, 2.24) is 15.5 Å². The molecule has 4 rings (SSSR count). The van der Waals surface area contributed by atoms with E-state index in [0.717, 1.165) is 51.5 Å². The number of amides is 1. The van der Waals surface area contributed by atoms with Gasteiger partial charge >= 0.3 is 0 Å². The van der Waals surface area contributed by atoms with E-state index in [1.165, 1.54) is 30.4 Å². The third kappa shape index (κ3) is 4.63. The molecule has 2 N–H and O–H groups in total. The molecule has 1 aromatic carbocycles. The van der Waals surface area contributed by atoms with Gasteiger partial charge in [0.2, 0.25) is 5.91 Å². The van der Waals surface area contributed by atoms with Gasteiger partial charge in [0.15, 0.2) is 5.96 Å². The first kappa shape index (κ1) is 21.4. The van der Waals surface area contributed by atoms with Crippen molar-refractivity contribution in [3.05, 3.63) is 35.4 Å². The maximum absolute atomic E-state index is 11.8. The van der Waals surface area contributed by atoms with E-state index in [0.29, 0.717) is 12.3 Å². The van der Waals surface area contributed by atoms with Crippen LogP contribution in [0.25, 0.3) is 0 Å². The van der Waals surface area contributed by atoms with Crippen LogP contribution in [0.4, 0.5) is 0 Å². The second kappa shape index (κ2) is 9.46. The van der Waals surface area contributed by atoms with Crippen LogP contribution < -0.4 is 10.6 Å². The minimum atomic E-state index is 0. The highest BCUT2D eigenvalue weighted by atomic mass is 127. The van der Waals surface area contributed by atoms with Gasteiger partial charge < -0.3 is 15.5 Å². The highest BCUT2D eigenvalue weighted by molar-refractivity contribution is 14.0. The number of halogens is 1. The van der Waals surface area contributed by atoms with Crippen molar-refractivity contribution in [2.24, 2.45) is 10.4 Å². The zero-order valence-electron chi connectivity index (χ0n) is 16.9. The molecule has 3 aliphatic rings. The molecular formula is C22H33IN4O. The van der Waals surface area contributed by atoms with Gasteiger partial charge in [0.05, 0.1) is 0 Å². The molecule has 1 spiro atoms. The molecule has 2 unspecified atom stereocenters. The molecule has 2 aliphatic heterocycles. The lowest BCUT2D eigenvalue weighted by molar-refractivity contribution is -0.119. The molecule has 0 radical (unpaired) electrons. The molecule has 2 heterocycles. The summed E-state index contributed by atoms with van der Waals surface area (Å²) < 4.78 is 0. The molecule has 0 bridgehead atoms. The molecule has 28 heavy (non-hydrogen) atoms. The molecule has 0 aromatic heterocycles. The quantitative estimate of drug-likeness (QED) is 0.384. The smallest absolute Gasteiger partial charge is 0.220 e. The number of nitrogens with one attached hydrogen (secondary N) is 2. The Morgan fingerprint density at radius 3 is 3.00 bits per heavy atom. The number of fused-ring (bicyclic) bond motifs is 1. The number of piperidine rings is 1. The fraction of sp³-hybridized carbons (Fsp3) is 0.636. The Balaban J connectivity index is 0.00000225. The van der Waals surface area contributed by atoms with Crippen LogP contribution in [0.5, 0.6) is 0 Å². The number of hydrogen-bond donors (Lipinski definition) is 2. The van der Waals surface area contributed by atoms with Crippen LogP contribution in [0.15, 0.2) is 29.3 Å². The minimum Gasteiger partial charge on any atom is -0.357 e. The van der Waals surface area contributed by atoms with Crippen molar-refractivity contribution in [3.8, 4) is 0 Å². The van der Waals surface area contributed by atoms with Gasteiger partial charge in [-0.15, -0.1) is 24.0 Å². The zero-order chi connectivity index (χ0) is 18.7. The van der Waals surface area contributed by atoms with Gasteiger partial charge in [-0.25, -0.2) is 0 Å². The topological polar surface area (TPSA) is 56.7 Å². The number of hydrogen-bond acceptors (Lipinski definition) is 2. The van der Waals surface area contributed by atoms with Crippen molar-refractivity contribution >= 4 is 35.8 Å². The first-order valence-electron chi connectivity index (χ1n) is 10.6. The molecule has 2 atom stereocenters. The Bertz CT molecular complexity index is 722. The Morgan fingerprint density at radius 2 is 2.21 bits per heavy atom. The van der Waals surface area contributed by atoms with Gasteiger partial charge in [-0.1, -0.05) is 24.3 Å². The minimum absolute atomic E-state index is 0. The van der Waals surface area contributed by atoms with Crippen LogP contribution in [-0.2, 0) is 11.2 Å². The van der Waals surface area contributed by atoms with Crippen molar-refractivity contribution in [2.75, 3.05) is 32.7 Å². The fourth-order valence-electron chi connectivity index (χ4n) is 5.10. The van der Waals surface area contributed by atoms with E-state index in [2.05, 4.69) is 46.7 Å². The zero-order valence-corrected chi connectivity index (χ0v) is 19.2. The monoisotopic (exact) mass is 496 g/mol. The summed E-state index contributed by atoms with van der Waals surface area (Å²) in [5.74, 6) is 1.76. The summed E-state index contributed by atoms with van der Waals surface area (Å²) in [6, 6.07) is 8.87. The van der Waals surface area contributed by atoms with Crippen LogP contribution in [-0.4, -0.2) is 49.5 Å². The van der Waals surface area contributed by atoms with Crippen molar-refractivity contribution in [3.63, 3.8) is 0 Å². The number of guanidine groups is 1. The summed E-state index contributed by atoms with van der Waals surface area (Å²) in [6.45, 7) is 6.63. The number of aliphatic imine (C=N–C) groups is 1. The van der Waals surface area contributed by atoms with Crippen molar-refractivity contribution in [2.45, 2.75) is 51.4 Å². The molecule has 1 amide bonds. The third-order valence-corrected chi connectivity index (χ3v) is 6.45. The van der Waals surface area contributed by atoms with Crippen LogP contribution in [0.3, 0.4) is 0 Å². The van der Waals surface area contributed by atoms with Gasteiger partial charge in [0.1, 0.15) is 0 Å². The SMILES string of the molecule is CCNC(=NCC1CCCc2ccccc21)N1CCCC2(CNC(=O)C2)C1.I. The molecule has 5 nitrogen and oxygen atoms in total.